The maximum atomic E-state index is 13.1. The Labute approximate surface area is 171 Å². The predicted octanol–water partition coefficient (Wildman–Crippen LogP) is 2.33. The Hall–Kier alpha value is -3.88. The zero-order valence-corrected chi connectivity index (χ0v) is 17.4. The number of ether oxygens (including phenoxy) is 1. The highest BCUT2D eigenvalue weighted by Gasteiger charge is 2.20. The number of pyridine rings is 1. The Kier molecular flexibility index (Phi) is 3.82. The average molecular weight is 403 g/mol. The Morgan fingerprint density at radius 1 is 1.00 bits per heavy atom. The van der Waals surface area contributed by atoms with Crippen LogP contribution in [0.5, 0.6) is 5.75 Å². The second-order valence-corrected chi connectivity index (χ2v) is 7.41. The lowest BCUT2D eigenvalue weighted by Gasteiger charge is -2.11. The highest BCUT2D eigenvalue weighted by atomic mass is 16.5. The Morgan fingerprint density at radius 3 is 2.43 bits per heavy atom. The molecule has 0 aliphatic rings. The topological polar surface area (TPSA) is 84.7 Å². The van der Waals surface area contributed by atoms with Crippen molar-refractivity contribution < 1.29 is 4.74 Å². The van der Waals surface area contributed by atoms with Crippen molar-refractivity contribution in [1.29, 1.82) is 0 Å². The van der Waals surface area contributed by atoms with Crippen molar-refractivity contribution in [3.8, 4) is 22.6 Å². The minimum Gasteiger partial charge on any atom is -0.496 e. The summed E-state index contributed by atoms with van der Waals surface area (Å²) in [6.07, 6.45) is 7.19. The van der Waals surface area contributed by atoms with E-state index in [1.165, 1.54) is 0 Å². The van der Waals surface area contributed by atoms with Gasteiger partial charge in [-0.3, -0.25) is 23.5 Å². The van der Waals surface area contributed by atoms with Crippen LogP contribution in [0.1, 0.15) is 5.69 Å². The van der Waals surface area contributed by atoms with E-state index < -0.39 is 0 Å². The molecular formula is C21H21N7O2. The zero-order valence-electron chi connectivity index (χ0n) is 17.4. The van der Waals surface area contributed by atoms with E-state index in [1.54, 1.807) is 45.0 Å². The molecule has 9 nitrogen and oxygen atoms in total. The van der Waals surface area contributed by atoms with E-state index >= 15 is 0 Å². The quantitative estimate of drug-likeness (QED) is 0.462. The van der Waals surface area contributed by atoms with Crippen LogP contribution in [0, 0.1) is 6.92 Å². The zero-order chi connectivity index (χ0) is 21.2. The molecule has 4 heterocycles. The van der Waals surface area contributed by atoms with Crippen LogP contribution < -0.4 is 10.4 Å². The fourth-order valence-electron chi connectivity index (χ4n) is 4.03. The van der Waals surface area contributed by atoms with Crippen molar-refractivity contribution in [2.24, 2.45) is 21.1 Å². The minimum absolute atomic E-state index is 0.151. The highest BCUT2D eigenvalue weighted by Crippen LogP contribution is 2.37. The molecule has 0 atom stereocenters. The lowest BCUT2D eigenvalue weighted by atomic mass is 10.0. The van der Waals surface area contributed by atoms with Crippen LogP contribution in [-0.2, 0) is 21.1 Å². The van der Waals surface area contributed by atoms with Crippen LogP contribution >= 0.6 is 0 Å². The van der Waals surface area contributed by atoms with E-state index in [2.05, 4.69) is 15.2 Å². The number of aromatic nitrogens is 7. The van der Waals surface area contributed by atoms with Gasteiger partial charge >= 0.3 is 5.69 Å². The monoisotopic (exact) mass is 403 g/mol. The van der Waals surface area contributed by atoms with E-state index in [1.807, 2.05) is 45.5 Å². The molecular weight excluding hydrogens is 382 g/mol. The van der Waals surface area contributed by atoms with E-state index in [9.17, 15) is 4.79 Å². The fourth-order valence-corrected chi connectivity index (χ4v) is 4.03. The number of methoxy groups -OCH3 is 1. The van der Waals surface area contributed by atoms with Crippen molar-refractivity contribution in [1.82, 2.24) is 33.7 Å². The van der Waals surface area contributed by atoms with Gasteiger partial charge in [0.25, 0.3) is 0 Å². The van der Waals surface area contributed by atoms with E-state index in [-0.39, 0.29) is 5.69 Å². The van der Waals surface area contributed by atoms with Crippen LogP contribution in [0.15, 0.2) is 41.7 Å². The fraction of sp³-hybridized carbons (Fsp3) is 0.238. The van der Waals surface area contributed by atoms with Gasteiger partial charge in [-0.25, -0.2) is 4.79 Å². The number of nitrogens with zero attached hydrogens (tertiary/aromatic N) is 7. The maximum absolute atomic E-state index is 13.1. The van der Waals surface area contributed by atoms with Crippen molar-refractivity contribution >= 4 is 21.9 Å². The van der Waals surface area contributed by atoms with Crippen LogP contribution in [0.3, 0.4) is 0 Å². The van der Waals surface area contributed by atoms with Crippen molar-refractivity contribution in [2.75, 3.05) is 7.11 Å². The molecule has 0 spiro atoms. The Balaban J connectivity index is 1.94. The maximum Gasteiger partial charge on any atom is 0.333 e. The van der Waals surface area contributed by atoms with Gasteiger partial charge in [0.1, 0.15) is 5.75 Å². The number of imidazole rings is 1. The first-order valence-corrected chi connectivity index (χ1v) is 9.47. The first-order valence-electron chi connectivity index (χ1n) is 9.47. The molecule has 0 unspecified atom stereocenters. The van der Waals surface area contributed by atoms with Gasteiger partial charge in [0.2, 0.25) is 0 Å². The molecule has 0 fully saturated rings. The largest absolute Gasteiger partial charge is 0.496 e. The first-order chi connectivity index (χ1) is 14.4. The first kappa shape index (κ1) is 18.2. The van der Waals surface area contributed by atoms with E-state index in [0.717, 1.165) is 38.8 Å². The molecule has 0 radical (unpaired) electrons. The van der Waals surface area contributed by atoms with Gasteiger partial charge in [-0.05, 0) is 13.0 Å². The van der Waals surface area contributed by atoms with Crippen molar-refractivity contribution in [3.05, 3.63) is 53.1 Å². The molecule has 0 bridgehead atoms. The molecule has 1 aromatic carbocycles. The molecule has 0 saturated heterocycles. The molecule has 9 heteroatoms. The Morgan fingerprint density at radius 2 is 1.80 bits per heavy atom. The highest BCUT2D eigenvalue weighted by molar-refractivity contribution is 6.05. The van der Waals surface area contributed by atoms with Gasteiger partial charge < -0.3 is 4.74 Å². The van der Waals surface area contributed by atoms with Crippen LogP contribution in [0.4, 0.5) is 0 Å². The summed E-state index contributed by atoms with van der Waals surface area (Å²) in [5.74, 6) is 0.705. The molecule has 4 aromatic heterocycles. The molecule has 0 saturated carbocycles. The number of rotatable bonds is 3. The van der Waals surface area contributed by atoms with Gasteiger partial charge in [0.15, 0.2) is 0 Å². The smallest absolute Gasteiger partial charge is 0.333 e. The number of hydrogen-bond acceptors (Lipinski definition) is 5. The molecule has 0 aliphatic heterocycles. The minimum atomic E-state index is -0.151. The summed E-state index contributed by atoms with van der Waals surface area (Å²) >= 11 is 0. The second kappa shape index (κ2) is 6.31. The summed E-state index contributed by atoms with van der Waals surface area (Å²) < 4.78 is 12.4. The molecule has 30 heavy (non-hydrogen) atoms. The second-order valence-electron chi connectivity index (χ2n) is 7.41. The lowest BCUT2D eigenvalue weighted by molar-refractivity contribution is 0.417. The van der Waals surface area contributed by atoms with Crippen LogP contribution in [0.25, 0.3) is 38.8 Å². The SMILES string of the molecule is COc1cc2ncc3c(c2cc1-c1cn(C)nc1C)n(-c1cnn(C)c1)c(=O)n3C. The van der Waals surface area contributed by atoms with Crippen molar-refractivity contribution in [3.63, 3.8) is 0 Å². The van der Waals surface area contributed by atoms with Gasteiger partial charge in [-0.2, -0.15) is 10.2 Å². The van der Waals surface area contributed by atoms with Gasteiger partial charge in [0, 0.05) is 56.1 Å². The van der Waals surface area contributed by atoms with Gasteiger partial charge in [0.05, 0.1) is 47.4 Å². The summed E-state index contributed by atoms with van der Waals surface area (Å²) in [5.41, 5.74) is 5.60. The summed E-state index contributed by atoms with van der Waals surface area (Å²) in [5, 5.41) is 9.56. The molecule has 5 rings (SSSR count). The standard InChI is InChI=1S/C21H21N7O2/c1-12-16(11-26(3)24-12)14-6-15-17(7-19(14)30-5)22-9-18-20(15)28(21(29)27(18)4)13-8-23-25(2)10-13/h6-11H,1-5H3. The van der Waals surface area contributed by atoms with Crippen molar-refractivity contribution in [2.45, 2.75) is 6.92 Å². The summed E-state index contributed by atoms with van der Waals surface area (Å²) in [7, 11) is 7.11. The molecule has 0 aliphatic carbocycles. The third-order valence-electron chi connectivity index (χ3n) is 5.46. The lowest BCUT2D eigenvalue weighted by Crippen LogP contribution is -2.20. The Bertz CT molecular complexity index is 1500. The van der Waals surface area contributed by atoms with Crippen LogP contribution in [-0.4, -0.2) is 40.8 Å². The molecule has 152 valence electrons. The predicted molar refractivity (Wildman–Crippen MR) is 114 cm³/mol. The van der Waals surface area contributed by atoms with Gasteiger partial charge in [-0.1, -0.05) is 0 Å². The third kappa shape index (κ3) is 2.48. The number of fused-ring (bicyclic) bond motifs is 3. The van der Waals surface area contributed by atoms with Crippen LogP contribution in [0.2, 0.25) is 0 Å². The number of benzene rings is 1. The van der Waals surface area contributed by atoms with E-state index in [4.69, 9.17) is 4.74 Å². The number of aryl methyl sites for hydroxylation is 4. The third-order valence-corrected chi connectivity index (χ3v) is 5.46. The van der Waals surface area contributed by atoms with Gasteiger partial charge in [-0.15, -0.1) is 0 Å². The summed E-state index contributed by atoms with van der Waals surface area (Å²) in [4.78, 5) is 17.7. The molecule has 5 aromatic rings. The number of hydrogen-bond donors (Lipinski definition) is 0. The summed E-state index contributed by atoms with van der Waals surface area (Å²) in [6.45, 7) is 1.96. The normalized spacial score (nSPS) is 11.6. The van der Waals surface area contributed by atoms with E-state index in [0.29, 0.717) is 11.4 Å². The molecule has 0 amide bonds. The molecule has 0 N–H and O–H groups in total. The average Bonchev–Trinajstić information content (AvgIpc) is 3.37. The summed E-state index contributed by atoms with van der Waals surface area (Å²) in [6, 6.07) is 3.93.